The summed E-state index contributed by atoms with van der Waals surface area (Å²) in [5, 5.41) is 0. The van der Waals surface area contributed by atoms with Gasteiger partial charge in [-0.2, -0.15) is 12.6 Å². The Bertz CT molecular complexity index is 403. The van der Waals surface area contributed by atoms with E-state index in [4.69, 9.17) is 4.74 Å². The number of benzene rings is 1. The molecule has 4 unspecified atom stereocenters. The Morgan fingerprint density at radius 1 is 1.19 bits per heavy atom. The molecule has 0 aromatic heterocycles. The second-order valence-electron chi connectivity index (χ2n) is 6.99. The van der Waals surface area contributed by atoms with Crippen LogP contribution >= 0.6 is 12.6 Å². The highest BCUT2D eigenvalue weighted by atomic mass is 32.1. The molecule has 4 atom stereocenters. The lowest BCUT2D eigenvalue weighted by atomic mass is 9.75. The van der Waals surface area contributed by atoms with E-state index in [1.807, 2.05) is 0 Å². The van der Waals surface area contributed by atoms with Gasteiger partial charge in [-0.05, 0) is 41.9 Å². The zero-order valence-electron chi connectivity index (χ0n) is 13.7. The van der Waals surface area contributed by atoms with Crippen LogP contribution in [0.15, 0.2) is 30.3 Å². The van der Waals surface area contributed by atoms with Gasteiger partial charge >= 0.3 is 0 Å². The summed E-state index contributed by atoms with van der Waals surface area (Å²) >= 11 is 4.53. The maximum absolute atomic E-state index is 6.39. The average molecular weight is 307 g/mol. The van der Waals surface area contributed by atoms with Crippen molar-refractivity contribution < 1.29 is 4.74 Å². The van der Waals surface area contributed by atoms with Crippen molar-refractivity contribution in [2.45, 2.75) is 52.1 Å². The van der Waals surface area contributed by atoms with Gasteiger partial charge in [-0.15, -0.1) is 0 Å². The van der Waals surface area contributed by atoms with Crippen molar-refractivity contribution >= 4 is 12.6 Å². The standard InChI is InChI=1S/C19H30OS/c1-14(2)18-10-9-15(3)11-19(18)20-12-17(13-21)16-7-5-4-6-8-16/h4-8,14-15,17-19,21H,9-13H2,1-3H3. The monoisotopic (exact) mass is 306 g/mol. The Morgan fingerprint density at radius 3 is 2.52 bits per heavy atom. The molecular formula is C19H30OS. The lowest BCUT2D eigenvalue weighted by molar-refractivity contribution is -0.0419. The van der Waals surface area contributed by atoms with Crippen LogP contribution in [0.1, 0.15) is 51.5 Å². The highest BCUT2D eigenvalue weighted by Gasteiger charge is 2.31. The Labute approximate surface area is 135 Å². The predicted molar refractivity (Wildman–Crippen MR) is 94.1 cm³/mol. The van der Waals surface area contributed by atoms with E-state index in [0.29, 0.717) is 17.9 Å². The average Bonchev–Trinajstić information content (AvgIpc) is 2.48. The largest absolute Gasteiger partial charge is 0.377 e. The second kappa shape index (κ2) is 8.24. The van der Waals surface area contributed by atoms with Gasteiger partial charge in [-0.3, -0.25) is 0 Å². The molecule has 0 amide bonds. The fraction of sp³-hybridized carbons (Fsp3) is 0.684. The maximum Gasteiger partial charge on any atom is 0.0608 e. The van der Waals surface area contributed by atoms with Crippen LogP contribution in [0.25, 0.3) is 0 Å². The van der Waals surface area contributed by atoms with Gasteiger partial charge in [0.05, 0.1) is 12.7 Å². The molecule has 1 fully saturated rings. The van der Waals surface area contributed by atoms with Gasteiger partial charge in [0.25, 0.3) is 0 Å². The highest BCUT2D eigenvalue weighted by molar-refractivity contribution is 7.80. The lowest BCUT2D eigenvalue weighted by Crippen LogP contribution is -2.35. The molecule has 0 aliphatic heterocycles. The SMILES string of the molecule is CC1CCC(C(C)C)C(OCC(CS)c2ccccc2)C1. The van der Waals surface area contributed by atoms with E-state index >= 15 is 0 Å². The van der Waals surface area contributed by atoms with E-state index < -0.39 is 0 Å². The summed E-state index contributed by atoms with van der Waals surface area (Å²) in [7, 11) is 0. The van der Waals surface area contributed by atoms with Gasteiger partial charge in [-0.25, -0.2) is 0 Å². The van der Waals surface area contributed by atoms with Crippen molar-refractivity contribution in [1.82, 2.24) is 0 Å². The summed E-state index contributed by atoms with van der Waals surface area (Å²) in [4.78, 5) is 0. The van der Waals surface area contributed by atoms with Gasteiger partial charge in [0.15, 0.2) is 0 Å². The summed E-state index contributed by atoms with van der Waals surface area (Å²) < 4.78 is 6.39. The third-order valence-corrected chi connectivity index (χ3v) is 5.40. The van der Waals surface area contributed by atoms with Crippen molar-refractivity contribution in [2.24, 2.45) is 17.8 Å². The molecule has 1 saturated carbocycles. The summed E-state index contributed by atoms with van der Waals surface area (Å²) in [5.74, 6) is 3.49. The lowest BCUT2D eigenvalue weighted by Gasteiger charge is -2.37. The molecule has 0 heterocycles. The molecule has 0 N–H and O–H groups in total. The van der Waals surface area contributed by atoms with Crippen molar-refractivity contribution in [3.8, 4) is 0 Å². The molecule has 2 heteroatoms. The maximum atomic E-state index is 6.39. The van der Waals surface area contributed by atoms with Crippen LogP contribution in [0.4, 0.5) is 0 Å². The van der Waals surface area contributed by atoms with Crippen molar-refractivity contribution in [3.05, 3.63) is 35.9 Å². The highest BCUT2D eigenvalue weighted by Crippen LogP contribution is 2.36. The zero-order chi connectivity index (χ0) is 15.2. The zero-order valence-corrected chi connectivity index (χ0v) is 14.6. The number of ether oxygens (including phenoxy) is 1. The molecule has 0 saturated heterocycles. The van der Waals surface area contributed by atoms with Crippen molar-refractivity contribution in [3.63, 3.8) is 0 Å². The molecular weight excluding hydrogens is 276 g/mol. The molecule has 0 radical (unpaired) electrons. The Morgan fingerprint density at radius 2 is 1.90 bits per heavy atom. The molecule has 21 heavy (non-hydrogen) atoms. The summed E-state index contributed by atoms with van der Waals surface area (Å²) in [6.07, 6.45) is 4.33. The van der Waals surface area contributed by atoms with E-state index in [9.17, 15) is 0 Å². The number of hydrogen-bond donors (Lipinski definition) is 1. The summed E-state index contributed by atoms with van der Waals surface area (Å²) in [6, 6.07) is 10.6. The summed E-state index contributed by atoms with van der Waals surface area (Å²) in [5.41, 5.74) is 1.34. The van der Waals surface area contributed by atoms with Gasteiger partial charge in [0.2, 0.25) is 0 Å². The number of rotatable bonds is 6. The number of hydrogen-bond acceptors (Lipinski definition) is 2. The van der Waals surface area contributed by atoms with E-state index in [1.54, 1.807) is 0 Å². The molecule has 1 aliphatic rings. The first-order valence-corrected chi connectivity index (χ1v) is 9.02. The molecule has 1 aromatic carbocycles. The van der Waals surface area contributed by atoms with Crippen LogP contribution in [0.2, 0.25) is 0 Å². The van der Waals surface area contributed by atoms with Gasteiger partial charge in [0.1, 0.15) is 0 Å². The fourth-order valence-electron chi connectivity index (χ4n) is 3.53. The minimum atomic E-state index is 0.402. The van der Waals surface area contributed by atoms with Crippen molar-refractivity contribution in [2.75, 3.05) is 12.4 Å². The third-order valence-electron chi connectivity index (χ3n) is 4.96. The van der Waals surface area contributed by atoms with Crippen LogP contribution in [-0.4, -0.2) is 18.5 Å². The summed E-state index contributed by atoms with van der Waals surface area (Å²) in [6.45, 7) is 7.84. The topological polar surface area (TPSA) is 9.23 Å². The van der Waals surface area contributed by atoms with Gasteiger partial charge < -0.3 is 4.74 Å². The molecule has 1 aromatic rings. The van der Waals surface area contributed by atoms with Gasteiger partial charge in [-0.1, -0.05) is 57.5 Å². The Balaban J connectivity index is 1.95. The van der Waals surface area contributed by atoms with Crippen LogP contribution < -0.4 is 0 Å². The Kier molecular flexibility index (Phi) is 6.63. The minimum Gasteiger partial charge on any atom is -0.377 e. The van der Waals surface area contributed by atoms with Crippen LogP contribution in [0.5, 0.6) is 0 Å². The van der Waals surface area contributed by atoms with Crippen LogP contribution in [-0.2, 0) is 4.74 Å². The van der Waals surface area contributed by atoms with E-state index in [-0.39, 0.29) is 0 Å². The quantitative estimate of drug-likeness (QED) is 0.713. The first-order chi connectivity index (χ1) is 10.1. The second-order valence-corrected chi connectivity index (χ2v) is 7.35. The molecule has 1 aliphatic carbocycles. The third kappa shape index (κ3) is 4.75. The number of thiol groups is 1. The van der Waals surface area contributed by atoms with Gasteiger partial charge in [0, 0.05) is 5.92 Å². The Hall–Kier alpha value is -0.470. The molecule has 0 spiro atoms. The van der Waals surface area contributed by atoms with Crippen molar-refractivity contribution in [1.29, 1.82) is 0 Å². The smallest absolute Gasteiger partial charge is 0.0608 e. The van der Waals surface area contributed by atoms with E-state index in [2.05, 4.69) is 63.7 Å². The molecule has 1 nitrogen and oxygen atoms in total. The van der Waals surface area contributed by atoms with Crippen LogP contribution in [0.3, 0.4) is 0 Å². The van der Waals surface area contributed by atoms with E-state index in [0.717, 1.165) is 24.2 Å². The fourth-order valence-corrected chi connectivity index (χ4v) is 3.84. The normalized spacial score (nSPS) is 27.8. The first kappa shape index (κ1) is 16.9. The molecule has 118 valence electrons. The minimum absolute atomic E-state index is 0.402. The molecule has 2 rings (SSSR count). The molecule has 0 bridgehead atoms. The van der Waals surface area contributed by atoms with Crippen LogP contribution in [0, 0.1) is 17.8 Å². The predicted octanol–water partition coefficient (Wildman–Crippen LogP) is 5.18. The van der Waals surface area contributed by atoms with E-state index in [1.165, 1.54) is 24.8 Å². The first-order valence-electron chi connectivity index (χ1n) is 8.39.